The monoisotopic (exact) mass is 253 g/mol. The number of pyridine rings is 1. The summed E-state index contributed by atoms with van der Waals surface area (Å²) in [7, 11) is 0. The first kappa shape index (κ1) is 11.2. The molecule has 19 heavy (non-hydrogen) atoms. The zero-order valence-electron chi connectivity index (χ0n) is 11.0. The molecule has 98 valence electrons. The SMILES string of the molecule is c1ccc2c(N3CCCC4CNCC43)ccnc2c1. The lowest BCUT2D eigenvalue weighted by atomic mass is 9.91. The molecule has 2 aliphatic heterocycles. The Balaban J connectivity index is 1.81. The Kier molecular flexibility index (Phi) is 2.66. The number of hydrogen-bond acceptors (Lipinski definition) is 3. The van der Waals surface area contributed by atoms with Gasteiger partial charge in [0.1, 0.15) is 0 Å². The van der Waals surface area contributed by atoms with Crippen LogP contribution in [-0.2, 0) is 0 Å². The summed E-state index contributed by atoms with van der Waals surface area (Å²) in [4.78, 5) is 7.09. The van der Waals surface area contributed by atoms with Gasteiger partial charge in [-0.05, 0) is 30.9 Å². The highest BCUT2D eigenvalue weighted by atomic mass is 15.2. The van der Waals surface area contributed by atoms with Crippen molar-refractivity contribution in [1.82, 2.24) is 10.3 Å². The Morgan fingerprint density at radius 1 is 1.16 bits per heavy atom. The molecule has 3 heterocycles. The van der Waals surface area contributed by atoms with E-state index in [4.69, 9.17) is 0 Å². The Hall–Kier alpha value is -1.61. The van der Waals surface area contributed by atoms with Crippen molar-refractivity contribution in [3.8, 4) is 0 Å². The van der Waals surface area contributed by atoms with Gasteiger partial charge in [0, 0.05) is 42.9 Å². The van der Waals surface area contributed by atoms with Crippen molar-refractivity contribution in [2.45, 2.75) is 18.9 Å². The molecule has 3 nitrogen and oxygen atoms in total. The van der Waals surface area contributed by atoms with Crippen LogP contribution in [0.4, 0.5) is 5.69 Å². The number of aromatic nitrogens is 1. The molecule has 0 amide bonds. The number of nitrogens with zero attached hydrogens (tertiary/aromatic N) is 2. The minimum Gasteiger partial charge on any atom is -0.366 e. The third-order valence-corrected chi connectivity index (χ3v) is 4.61. The van der Waals surface area contributed by atoms with Gasteiger partial charge in [-0.3, -0.25) is 4.98 Å². The fourth-order valence-electron chi connectivity index (χ4n) is 3.70. The van der Waals surface area contributed by atoms with Crippen molar-refractivity contribution in [1.29, 1.82) is 0 Å². The van der Waals surface area contributed by atoms with Gasteiger partial charge in [-0.2, -0.15) is 0 Å². The summed E-state index contributed by atoms with van der Waals surface area (Å²) in [5, 5.41) is 4.84. The van der Waals surface area contributed by atoms with E-state index in [1.54, 1.807) is 0 Å². The molecule has 0 aliphatic carbocycles. The molecular formula is C16H19N3. The smallest absolute Gasteiger partial charge is 0.0722 e. The van der Waals surface area contributed by atoms with E-state index in [1.807, 2.05) is 6.20 Å². The summed E-state index contributed by atoms with van der Waals surface area (Å²) in [5.74, 6) is 0.820. The molecule has 2 fully saturated rings. The third kappa shape index (κ3) is 1.80. The van der Waals surface area contributed by atoms with Gasteiger partial charge in [0.05, 0.1) is 5.52 Å². The summed E-state index contributed by atoms with van der Waals surface area (Å²) < 4.78 is 0. The molecule has 3 heteroatoms. The van der Waals surface area contributed by atoms with Gasteiger partial charge >= 0.3 is 0 Å². The Morgan fingerprint density at radius 2 is 2.11 bits per heavy atom. The van der Waals surface area contributed by atoms with Crippen LogP contribution in [0.1, 0.15) is 12.8 Å². The summed E-state index contributed by atoms with van der Waals surface area (Å²) in [6, 6.07) is 11.3. The molecule has 1 aromatic carbocycles. The van der Waals surface area contributed by atoms with Crippen molar-refractivity contribution in [3.05, 3.63) is 36.5 Å². The van der Waals surface area contributed by atoms with Crippen molar-refractivity contribution in [2.24, 2.45) is 5.92 Å². The average molecular weight is 253 g/mol. The van der Waals surface area contributed by atoms with Gasteiger partial charge in [0.25, 0.3) is 0 Å². The number of benzene rings is 1. The van der Waals surface area contributed by atoms with Crippen LogP contribution in [0.25, 0.3) is 10.9 Å². The van der Waals surface area contributed by atoms with Crippen molar-refractivity contribution >= 4 is 16.6 Å². The number of hydrogen-bond donors (Lipinski definition) is 1. The van der Waals surface area contributed by atoms with Gasteiger partial charge in [0.2, 0.25) is 0 Å². The fourth-order valence-corrected chi connectivity index (χ4v) is 3.70. The van der Waals surface area contributed by atoms with Crippen molar-refractivity contribution < 1.29 is 0 Å². The Bertz CT molecular complexity index is 590. The highest BCUT2D eigenvalue weighted by molar-refractivity contribution is 5.91. The summed E-state index contributed by atoms with van der Waals surface area (Å²) in [6.07, 6.45) is 4.63. The van der Waals surface area contributed by atoms with Crippen molar-refractivity contribution in [2.75, 3.05) is 24.5 Å². The number of para-hydroxylation sites is 1. The van der Waals surface area contributed by atoms with Crippen LogP contribution < -0.4 is 10.2 Å². The van der Waals surface area contributed by atoms with E-state index in [0.717, 1.165) is 18.0 Å². The topological polar surface area (TPSA) is 28.2 Å². The van der Waals surface area contributed by atoms with E-state index in [1.165, 1.54) is 37.0 Å². The van der Waals surface area contributed by atoms with Crippen LogP contribution in [0, 0.1) is 5.92 Å². The standard InChI is InChI=1S/C16H19N3/c1-2-6-14-13(5-1)15(7-8-18-14)19-9-3-4-12-10-17-11-16(12)19/h1-2,5-8,12,16-17H,3-4,9-11H2. The second-order valence-corrected chi connectivity index (χ2v) is 5.67. The number of fused-ring (bicyclic) bond motifs is 2. The number of piperidine rings is 1. The first-order valence-electron chi connectivity index (χ1n) is 7.24. The number of rotatable bonds is 1. The van der Waals surface area contributed by atoms with Crippen LogP contribution in [0.2, 0.25) is 0 Å². The maximum atomic E-state index is 4.48. The molecule has 0 radical (unpaired) electrons. The van der Waals surface area contributed by atoms with Crippen molar-refractivity contribution in [3.63, 3.8) is 0 Å². The second kappa shape index (κ2) is 4.49. The van der Waals surface area contributed by atoms with Gasteiger partial charge < -0.3 is 10.2 Å². The third-order valence-electron chi connectivity index (χ3n) is 4.61. The molecule has 1 aromatic heterocycles. The van der Waals surface area contributed by atoms with Gasteiger partial charge in [-0.25, -0.2) is 0 Å². The zero-order valence-corrected chi connectivity index (χ0v) is 11.0. The minimum atomic E-state index is 0.666. The summed E-state index contributed by atoms with van der Waals surface area (Å²) >= 11 is 0. The van der Waals surface area contributed by atoms with Gasteiger partial charge in [-0.1, -0.05) is 18.2 Å². The predicted octanol–water partition coefficient (Wildman–Crippen LogP) is 2.42. The Morgan fingerprint density at radius 3 is 3.11 bits per heavy atom. The quantitative estimate of drug-likeness (QED) is 0.846. The van der Waals surface area contributed by atoms with Crippen LogP contribution >= 0.6 is 0 Å². The van der Waals surface area contributed by atoms with Crippen LogP contribution in [-0.4, -0.2) is 30.7 Å². The Labute approximate surface area is 113 Å². The van der Waals surface area contributed by atoms with E-state index in [0.29, 0.717) is 6.04 Å². The maximum absolute atomic E-state index is 4.48. The molecule has 2 unspecified atom stereocenters. The predicted molar refractivity (Wildman–Crippen MR) is 78.5 cm³/mol. The van der Waals surface area contributed by atoms with Crippen LogP contribution in [0.5, 0.6) is 0 Å². The molecular weight excluding hydrogens is 234 g/mol. The molecule has 2 aromatic rings. The van der Waals surface area contributed by atoms with Gasteiger partial charge in [0.15, 0.2) is 0 Å². The molecule has 2 saturated heterocycles. The molecule has 2 aliphatic rings. The zero-order chi connectivity index (χ0) is 12.7. The van der Waals surface area contributed by atoms with Gasteiger partial charge in [-0.15, -0.1) is 0 Å². The summed E-state index contributed by atoms with van der Waals surface area (Å²) in [6.45, 7) is 3.49. The van der Waals surface area contributed by atoms with Crippen LogP contribution in [0.3, 0.4) is 0 Å². The van der Waals surface area contributed by atoms with E-state index >= 15 is 0 Å². The number of nitrogens with one attached hydrogen (secondary N) is 1. The highest BCUT2D eigenvalue weighted by Gasteiger charge is 2.35. The average Bonchev–Trinajstić information content (AvgIpc) is 2.95. The first-order valence-corrected chi connectivity index (χ1v) is 7.24. The fraction of sp³-hybridized carbons (Fsp3) is 0.438. The lowest BCUT2D eigenvalue weighted by Gasteiger charge is -2.39. The molecule has 0 spiro atoms. The van der Waals surface area contributed by atoms with E-state index in [2.05, 4.69) is 45.5 Å². The molecule has 4 rings (SSSR count). The molecule has 0 saturated carbocycles. The first-order chi connectivity index (χ1) is 9.43. The molecule has 0 bridgehead atoms. The minimum absolute atomic E-state index is 0.666. The molecule has 1 N–H and O–H groups in total. The van der Waals surface area contributed by atoms with Crippen LogP contribution in [0.15, 0.2) is 36.5 Å². The van der Waals surface area contributed by atoms with E-state index in [9.17, 15) is 0 Å². The number of anilines is 1. The lowest BCUT2D eigenvalue weighted by Crippen LogP contribution is -2.45. The normalized spacial score (nSPS) is 26.6. The maximum Gasteiger partial charge on any atom is 0.0722 e. The lowest BCUT2D eigenvalue weighted by molar-refractivity contribution is 0.386. The second-order valence-electron chi connectivity index (χ2n) is 5.67. The van der Waals surface area contributed by atoms with E-state index < -0.39 is 0 Å². The highest BCUT2D eigenvalue weighted by Crippen LogP contribution is 2.34. The van der Waals surface area contributed by atoms with E-state index in [-0.39, 0.29) is 0 Å². The molecule has 2 atom stereocenters. The largest absolute Gasteiger partial charge is 0.366 e. The summed E-state index contributed by atoms with van der Waals surface area (Å²) in [5.41, 5.74) is 2.47.